The molecule has 2 aromatic carbocycles. The van der Waals surface area contributed by atoms with Crippen LogP contribution in [0.1, 0.15) is 0 Å². The van der Waals surface area contributed by atoms with Gasteiger partial charge in [-0.05, 0) is 42.5 Å². The zero-order chi connectivity index (χ0) is 14.2. The Bertz CT molecular complexity index is 945. The van der Waals surface area contributed by atoms with Gasteiger partial charge in [0, 0.05) is 23.0 Å². The van der Waals surface area contributed by atoms with Crippen molar-refractivity contribution in [1.82, 2.24) is 9.97 Å². The lowest BCUT2D eigenvalue weighted by Gasteiger charge is -2.03. The highest BCUT2D eigenvalue weighted by molar-refractivity contribution is 5.83. The Kier molecular flexibility index (Phi) is 2.50. The fraction of sp³-hybridized carbons (Fsp3) is 0. The van der Waals surface area contributed by atoms with Gasteiger partial charge in [0.1, 0.15) is 5.52 Å². The van der Waals surface area contributed by atoms with Gasteiger partial charge in [0.2, 0.25) is 0 Å². The minimum Gasteiger partial charge on any atom is -0.423 e. The van der Waals surface area contributed by atoms with E-state index in [1.54, 1.807) is 18.3 Å². The summed E-state index contributed by atoms with van der Waals surface area (Å²) < 4.78 is 5.65. The molecule has 0 saturated heterocycles. The lowest BCUT2D eigenvalue weighted by molar-refractivity contribution is 0.623. The third kappa shape index (κ3) is 2.14. The molecule has 5 nitrogen and oxygen atoms in total. The molecule has 5 heteroatoms. The summed E-state index contributed by atoms with van der Waals surface area (Å²) in [6.45, 7) is 0. The number of hydrogen-bond acceptors (Lipinski definition) is 5. The Hall–Kier alpha value is -3.08. The molecule has 0 atom stereocenters. The van der Waals surface area contributed by atoms with Crippen LogP contribution in [0.4, 0.5) is 17.4 Å². The highest BCUT2D eigenvalue weighted by Crippen LogP contribution is 2.25. The second-order valence-electron chi connectivity index (χ2n) is 4.78. The third-order valence-electron chi connectivity index (χ3n) is 3.27. The number of nitrogens with zero attached hydrogens (tertiary/aromatic N) is 2. The number of pyridine rings is 1. The van der Waals surface area contributed by atoms with Crippen molar-refractivity contribution < 1.29 is 4.42 Å². The third-order valence-corrected chi connectivity index (χ3v) is 3.27. The summed E-state index contributed by atoms with van der Waals surface area (Å²) in [6.07, 6.45) is 1.78. The van der Waals surface area contributed by atoms with Gasteiger partial charge in [0.25, 0.3) is 6.01 Å². The van der Waals surface area contributed by atoms with Gasteiger partial charge in [-0.2, -0.15) is 4.98 Å². The number of hydrogen-bond donors (Lipinski definition) is 2. The topological polar surface area (TPSA) is 77.0 Å². The zero-order valence-corrected chi connectivity index (χ0v) is 11.1. The molecule has 2 heterocycles. The zero-order valence-electron chi connectivity index (χ0n) is 11.1. The van der Waals surface area contributed by atoms with Crippen molar-refractivity contribution in [1.29, 1.82) is 0 Å². The smallest absolute Gasteiger partial charge is 0.300 e. The Labute approximate surface area is 120 Å². The monoisotopic (exact) mass is 276 g/mol. The molecule has 0 saturated carbocycles. The van der Waals surface area contributed by atoms with E-state index in [1.807, 2.05) is 36.4 Å². The largest absolute Gasteiger partial charge is 0.423 e. The number of oxazole rings is 1. The van der Waals surface area contributed by atoms with Crippen molar-refractivity contribution in [3.63, 3.8) is 0 Å². The quantitative estimate of drug-likeness (QED) is 0.546. The van der Waals surface area contributed by atoms with Crippen LogP contribution in [0.2, 0.25) is 0 Å². The SMILES string of the molecule is Nc1ccc2oc(Nc3ccc4ncccc4c3)nc2c1. The molecule has 2 aromatic heterocycles. The summed E-state index contributed by atoms with van der Waals surface area (Å²) in [5.41, 5.74) is 9.69. The summed E-state index contributed by atoms with van der Waals surface area (Å²) in [5.74, 6) is 0. The van der Waals surface area contributed by atoms with Crippen molar-refractivity contribution in [3.8, 4) is 0 Å². The number of rotatable bonds is 2. The average Bonchev–Trinajstić information content (AvgIpc) is 2.88. The molecule has 0 spiro atoms. The van der Waals surface area contributed by atoms with Crippen LogP contribution in [-0.4, -0.2) is 9.97 Å². The number of anilines is 3. The van der Waals surface area contributed by atoms with Crippen LogP contribution in [0.5, 0.6) is 0 Å². The van der Waals surface area contributed by atoms with Crippen molar-refractivity contribution in [2.75, 3.05) is 11.1 Å². The van der Waals surface area contributed by atoms with Crippen LogP contribution in [0.25, 0.3) is 22.0 Å². The first-order valence-electron chi connectivity index (χ1n) is 6.56. The van der Waals surface area contributed by atoms with Gasteiger partial charge < -0.3 is 15.5 Å². The van der Waals surface area contributed by atoms with Crippen LogP contribution in [0.15, 0.2) is 59.1 Å². The van der Waals surface area contributed by atoms with Gasteiger partial charge in [0.05, 0.1) is 5.52 Å². The maximum Gasteiger partial charge on any atom is 0.300 e. The van der Waals surface area contributed by atoms with Crippen LogP contribution < -0.4 is 11.1 Å². The Morgan fingerprint density at radius 3 is 2.90 bits per heavy atom. The molecule has 0 unspecified atom stereocenters. The Morgan fingerprint density at radius 2 is 1.95 bits per heavy atom. The van der Waals surface area contributed by atoms with Crippen LogP contribution >= 0.6 is 0 Å². The first-order valence-corrected chi connectivity index (χ1v) is 6.56. The number of nitrogens with two attached hydrogens (primary N) is 1. The number of aromatic nitrogens is 2. The lowest BCUT2D eigenvalue weighted by Crippen LogP contribution is -1.90. The minimum atomic E-state index is 0.443. The molecule has 3 N–H and O–H groups in total. The van der Waals surface area contributed by atoms with E-state index >= 15 is 0 Å². The van der Waals surface area contributed by atoms with Gasteiger partial charge in [-0.1, -0.05) is 6.07 Å². The van der Waals surface area contributed by atoms with Gasteiger partial charge >= 0.3 is 0 Å². The number of nitrogen functional groups attached to an aromatic ring is 1. The maximum absolute atomic E-state index is 5.74. The summed E-state index contributed by atoms with van der Waals surface area (Å²) in [5, 5.41) is 4.22. The molecular weight excluding hydrogens is 264 g/mol. The van der Waals surface area contributed by atoms with Gasteiger partial charge in [-0.15, -0.1) is 0 Å². The van der Waals surface area contributed by atoms with E-state index in [0.717, 1.165) is 22.1 Å². The summed E-state index contributed by atoms with van der Waals surface area (Å²) in [4.78, 5) is 8.67. The van der Waals surface area contributed by atoms with E-state index in [0.29, 0.717) is 17.3 Å². The maximum atomic E-state index is 5.74. The molecule has 0 fully saturated rings. The van der Waals surface area contributed by atoms with Gasteiger partial charge in [0.15, 0.2) is 5.58 Å². The number of nitrogens with one attached hydrogen (secondary N) is 1. The molecule has 4 rings (SSSR count). The molecule has 0 bridgehead atoms. The van der Waals surface area contributed by atoms with Crippen molar-refractivity contribution >= 4 is 39.4 Å². The molecule has 0 aliphatic carbocycles. The van der Waals surface area contributed by atoms with Gasteiger partial charge in [-0.3, -0.25) is 4.98 Å². The second kappa shape index (κ2) is 4.49. The standard InChI is InChI=1S/C16H12N4O/c17-11-3-6-15-14(9-11)20-16(21-15)19-12-4-5-13-10(8-12)2-1-7-18-13/h1-9H,17H2,(H,19,20). The van der Waals surface area contributed by atoms with E-state index in [1.165, 1.54) is 0 Å². The Balaban J connectivity index is 1.71. The fourth-order valence-corrected chi connectivity index (χ4v) is 2.27. The molecule has 0 aliphatic rings. The molecule has 21 heavy (non-hydrogen) atoms. The number of benzene rings is 2. The summed E-state index contributed by atoms with van der Waals surface area (Å²) in [7, 11) is 0. The van der Waals surface area contributed by atoms with Crippen LogP contribution in [-0.2, 0) is 0 Å². The highest BCUT2D eigenvalue weighted by atomic mass is 16.4. The van der Waals surface area contributed by atoms with E-state index in [2.05, 4.69) is 15.3 Å². The molecule has 4 aromatic rings. The average molecular weight is 276 g/mol. The molecule has 0 radical (unpaired) electrons. The predicted molar refractivity (Wildman–Crippen MR) is 83.4 cm³/mol. The summed E-state index contributed by atoms with van der Waals surface area (Å²) >= 11 is 0. The van der Waals surface area contributed by atoms with Crippen LogP contribution in [0.3, 0.4) is 0 Å². The fourth-order valence-electron chi connectivity index (χ4n) is 2.27. The van der Waals surface area contributed by atoms with E-state index in [4.69, 9.17) is 10.2 Å². The molecule has 0 aliphatic heterocycles. The number of fused-ring (bicyclic) bond motifs is 2. The minimum absolute atomic E-state index is 0.443. The second-order valence-corrected chi connectivity index (χ2v) is 4.78. The van der Waals surface area contributed by atoms with Crippen LogP contribution in [0, 0.1) is 0 Å². The normalized spacial score (nSPS) is 11.0. The van der Waals surface area contributed by atoms with Gasteiger partial charge in [-0.25, -0.2) is 0 Å². The lowest BCUT2D eigenvalue weighted by atomic mass is 10.2. The summed E-state index contributed by atoms with van der Waals surface area (Å²) in [6, 6.07) is 15.7. The molecular formula is C16H12N4O. The first kappa shape index (κ1) is 11.7. The van der Waals surface area contributed by atoms with E-state index in [-0.39, 0.29) is 0 Å². The van der Waals surface area contributed by atoms with E-state index in [9.17, 15) is 0 Å². The highest BCUT2D eigenvalue weighted by Gasteiger charge is 2.06. The predicted octanol–water partition coefficient (Wildman–Crippen LogP) is 3.70. The Morgan fingerprint density at radius 1 is 1.00 bits per heavy atom. The van der Waals surface area contributed by atoms with Crippen molar-refractivity contribution in [2.45, 2.75) is 0 Å². The van der Waals surface area contributed by atoms with E-state index < -0.39 is 0 Å². The van der Waals surface area contributed by atoms with Crippen molar-refractivity contribution in [2.24, 2.45) is 0 Å². The first-order chi connectivity index (χ1) is 10.3. The molecule has 102 valence electrons. The van der Waals surface area contributed by atoms with Crippen molar-refractivity contribution in [3.05, 3.63) is 54.7 Å². The molecule has 0 amide bonds.